The third-order valence-corrected chi connectivity index (χ3v) is 3.91. The Morgan fingerprint density at radius 2 is 2.50 bits per heavy atom. The summed E-state index contributed by atoms with van der Waals surface area (Å²) in [6.07, 6.45) is 3.80. The number of hydrogen-bond donors (Lipinski definition) is 2. The molecule has 1 fully saturated rings. The Kier molecular flexibility index (Phi) is 3.56. The highest BCUT2D eigenvalue weighted by molar-refractivity contribution is 7.13. The molecule has 88 valence electrons. The average molecular weight is 239 g/mol. The molecule has 0 unspecified atom stereocenters. The van der Waals surface area contributed by atoms with Gasteiger partial charge in [0.25, 0.3) is 0 Å². The number of nitrogens with one attached hydrogen (secondary N) is 1. The lowest BCUT2D eigenvalue weighted by Crippen LogP contribution is -2.28. The molecule has 16 heavy (non-hydrogen) atoms. The quantitative estimate of drug-likeness (QED) is 0.846. The number of carbonyl (C=O) groups excluding carboxylic acids is 1. The number of aryl methyl sites for hydroxylation is 1. The van der Waals surface area contributed by atoms with Gasteiger partial charge < -0.3 is 11.1 Å². The van der Waals surface area contributed by atoms with E-state index < -0.39 is 0 Å². The Morgan fingerprint density at radius 1 is 1.69 bits per heavy atom. The van der Waals surface area contributed by atoms with E-state index in [0.29, 0.717) is 17.5 Å². The van der Waals surface area contributed by atoms with Crippen LogP contribution in [0, 0.1) is 12.8 Å². The highest BCUT2D eigenvalue weighted by Gasteiger charge is 2.26. The highest BCUT2D eigenvalue weighted by atomic mass is 32.1. The SMILES string of the molecule is Cc1csc(NC(=O)C[C@@H]2CCC[C@H]2N)n1. The molecule has 1 saturated carbocycles. The Balaban J connectivity index is 1.84. The molecule has 5 heteroatoms. The van der Waals surface area contributed by atoms with Crippen molar-refractivity contribution in [1.29, 1.82) is 0 Å². The van der Waals surface area contributed by atoms with Crippen molar-refractivity contribution in [2.45, 2.75) is 38.6 Å². The number of carbonyl (C=O) groups is 1. The molecule has 1 amide bonds. The molecule has 0 aromatic carbocycles. The molecule has 0 spiro atoms. The predicted molar refractivity (Wildman–Crippen MR) is 65.4 cm³/mol. The van der Waals surface area contributed by atoms with Crippen LogP contribution in [0.3, 0.4) is 0 Å². The lowest BCUT2D eigenvalue weighted by molar-refractivity contribution is -0.117. The number of nitrogens with two attached hydrogens (primary N) is 1. The molecule has 4 nitrogen and oxygen atoms in total. The van der Waals surface area contributed by atoms with Gasteiger partial charge in [0.05, 0.1) is 5.69 Å². The van der Waals surface area contributed by atoms with Crippen molar-refractivity contribution < 1.29 is 4.79 Å². The summed E-state index contributed by atoms with van der Waals surface area (Å²) in [5.41, 5.74) is 6.87. The zero-order valence-corrected chi connectivity index (χ0v) is 10.2. The van der Waals surface area contributed by atoms with Crippen LogP contribution in [0.25, 0.3) is 0 Å². The van der Waals surface area contributed by atoms with Crippen molar-refractivity contribution in [2.24, 2.45) is 11.7 Å². The zero-order valence-electron chi connectivity index (χ0n) is 9.40. The Labute approximate surface area is 99.3 Å². The first kappa shape index (κ1) is 11.5. The van der Waals surface area contributed by atoms with E-state index in [1.807, 2.05) is 12.3 Å². The first-order chi connectivity index (χ1) is 7.65. The maximum atomic E-state index is 11.7. The summed E-state index contributed by atoms with van der Waals surface area (Å²) >= 11 is 1.46. The maximum Gasteiger partial charge on any atom is 0.226 e. The monoisotopic (exact) mass is 239 g/mol. The number of aromatic nitrogens is 1. The minimum Gasteiger partial charge on any atom is -0.327 e. The molecule has 1 heterocycles. The van der Waals surface area contributed by atoms with Crippen LogP contribution < -0.4 is 11.1 Å². The minimum atomic E-state index is 0.0386. The van der Waals surface area contributed by atoms with Crippen LogP contribution in [0.1, 0.15) is 31.4 Å². The fourth-order valence-corrected chi connectivity index (χ4v) is 2.84. The number of thiazole rings is 1. The van der Waals surface area contributed by atoms with Crippen LogP contribution >= 0.6 is 11.3 Å². The Morgan fingerprint density at radius 3 is 3.06 bits per heavy atom. The fraction of sp³-hybridized carbons (Fsp3) is 0.636. The predicted octanol–water partition coefficient (Wildman–Crippen LogP) is 1.91. The summed E-state index contributed by atoms with van der Waals surface area (Å²) in [5, 5.41) is 5.44. The molecule has 1 aromatic rings. The van der Waals surface area contributed by atoms with Gasteiger partial charge in [0.1, 0.15) is 0 Å². The normalized spacial score (nSPS) is 24.6. The van der Waals surface area contributed by atoms with Gasteiger partial charge in [-0.2, -0.15) is 0 Å². The average Bonchev–Trinajstić information content (AvgIpc) is 2.77. The van der Waals surface area contributed by atoms with Crippen molar-refractivity contribution >= 4 is 22.4 Å². The van der Waals surface area contributed by atoms with Crippen LogP contribution in [0.15, 0.2) is 5.38 Å². The minimum absolute atomic E-state index is 0.0386. The van der Waals surface area contributed by atoms with E-state index in [0.717, 1.165) is 25.0 Å². The molecule has 0 aliphatic heterocycles. The summed E-state index contributed by atoms with van der Waals surface area (Å²) in [4.78, 5) is 15.9. The van der Waals surface area contributed by atoms with Crippen molar-refractivity contribution in [3.05, 3.63) is 11.1 Å². The Bertz CT molecular complexity index is 377. The van der Waals surface area contributed by atoms with E-state index in [-0.39, 0.29) is 11.9 Å². The van der Waals surface area contributed by atoms with Gasteiger partial charge >= 0.3 is 0 Å². The van der Waals surface area contributed by atoms with E-state index in [4.69, 9.17) is 5.73 Å². The second-order valence-corrected chi connectivity index (χ2v) is 5.26. The molecule has 0 radical (unpaired) electrons. The van der Waals surface area contributed by atoms with Crippen molar-refractivity contribution in [1.82, 2.24) is 4.98 Å². The molecule has 0 bridgehead atoms. The van der Waals surface area contributed by atoms with E-state index >= 15 is 0 Å². The first-order valence-corrected chi connectivity index (χ1v) is 6.50. The first-order valence-electron chi connectivity index (χ1n) is 5.62. The van der Waals surface area contributed by atoms with Gasteiger partial charge in [0.15, 0.2) is 5.13 Å². The number of hydrogen-bond acceptors (Lipinski definition) is 4. The second kappa shape index (κ2) is 4.93. The molecule has 2 atom stereocenters. The number of anilines is 1. The third-order valence-electron chi connectivity index (χ3n) is 3.03. The van der Waals surface area contributed by atoms with Crippen molar-refractivity contribution in [2.75, 3.05) is 5.32 Å². The number of amides is 1. The van der Waals surface area contributed by atoms with E-state index in [9.17, 15) is 4.79 Å². The Hall–Kier alpha value is -0.940. The summed E-state index contributed by atoms with van der Waals surface area (Å²) < 4.78 is 0. The van der Waals surface area contributed by atoms with Gasteiger partial charge in [0, 0.05) is 17.8 Å². The summed E-state index contributed by atoms with van der Waals surface area (Å²) in [7, 11) is 0. The van der Waals surface area contributed by atoms with E-state index in [1.54, 1.807) is 0 Å². The van der Waals surface area contributed by atoms with Crippen LogP contribution in [0.5, 0.6) is 0 Å². The molecule has 1 aliphatic carbocycles. The molecular formula is C11H17N3OS. The smallest absolute Gasteiger partial charge is 0.226 e. The van der Waals surface area contributed by atoms with E-state index in [2.05, 4.69) is 10.3 Å². The van der Waals surface area contributed by atoms with Crippen LogP contribution in [-0.2, 0) is 4.79 Å². The lowest BCUT2D eigenvalue weighted by atomic mass is 10.00. The van der Waals surface area contributed by atoms with Gasteiger partial charge in [-0.15, -0.1) is 11.3 Å². The van der Waals surface area contributed by atoms with Crippen LogP contribution in [-0.4, -0.2) is 16.9 Å². The number of rotatable bonds is 3. The molecule has 1 aromatic heterocycles. The molecular weight excluding hydrogens is 222 g/mol. The molecule has 1 aliphatic rings. The highest BCUT2D eigenvalue weighted by Crippen LogP contribution is 2.27. The lowest BCUT2D eigenvalue weighted by Gasteiger charge is -2.13. The number of nitrogens with zero attached hydrogens (tertiary/aromatic N) is 1. The fourth-order valence-electron chi connectivity index (χ4n) is 2.14. The molecule has 2 rings (SSSR count). The molecule has 3 N–H and O–H groups in total. The van der Waals surface area contributed by atoms with Gasteiger partial charge in [-0.25, -0.2) is 4.98 Å². The summed E-state index contributed by atoms with van der Waals surface area (Å²) in [5.74, 6) is 0.387. The third kappa shape index (κ3) is 2.80. The zero-order chi connectivity index (χ0) is 11.5. The van der Waals surface area contributed by atoms with Gasteiger partial charge in [-0.1, -0.05) is 6.42 Å². The molecule has 0 saturated heterocycles. The largest absolute Gasteiger partial charge is 0.327 e. The van der Waals surface area contributed by atoms with Crippen molar-refractivity contribution in [3.8, 4) is 0 Å². The maximum absolute atomic E-state index is 11.7. The van der Waals surface area contributed by atoms with E-state index in [1.165, 1.54) is 11.3 Å². The van der Waals surface area contributed by atoms with Gasteiger partial charge in [-0.05, 0) is 25.7 Å². The van der Waals surface area contributed by atoms with Gasteiger partial charge in [0.2, 0.25) is 5.91 Å². The second-order valence-electron chi connectivity index (χ2n) is 4.40. The van der Waals surface area contributed by atoms with Crippen LogP contribution in [0.2, 0.25) is 0 Å². The van der Waals surface area contributed by atoms with Crippen molar-refractivity contribution in [3.63, 3.8) is 0 Å². The standard InChI is InChI=1S/C11H17N3OS/c1-7-6-16-11(13-7)14-10(15)5-8-3-2-4-9(8)12/h6,8-9H,2-5,12H2,1H3,(H,13,14,15)/t8-,9+/m0/s1. The summed E-state index contributed by atoms with van der Waals surface area (Å²) in [6, 6.07) is 0.198. The van der Waals surface area contributed by atoms with Gasteiger partial charge in [-0.3, -0.25) is 4.79 Å². The summed E-state index contributed by atoms with van der Waals surface area (Å²) in [6.45, 7) is 1.92. The van der Waals surface area contributed by atoms with Crippen LogP contribution in [0.4, 0.5) is 5.13 Å². The topological polar surface area (TPSA) is 68.0 Å².